The van der Waals surface area contributed by atoms with Crippen LogP contribution in [0.3, 0.4) is 0 Å². The van der Waals surface area contributed by atoms with Gasteiger partial charge < -0.3 is 15.1 Å². The number of carbonyl (C=O) groups excluding carboxylic acids is 1. The number of nitrogens with zero attached hydrogens (tertiary/aromatic N) is 4. The molecule has 2 aromatic heterocycles. The quantitative estimate of drug-likeness (QED) is 0.889. The smallest absolute Gasteiger partial charge is 0.264 e. The molecular weight excluding hydrogens is 334 g/mol. The third-order valence-electron chi connectivity index (χ3n) is 5.44. The van der Waals surface area contributed by atoms with Gasteiger partial charge in [0.1, 0.15) is 17.0 Å². The van der Waals surface area contributed by atoms with Crippen LogP contribution in [0.2, 0.25) is 0 Å². The van der Waals surface area contributed by atoms with Gasteiger partial charge in [0, 0.05) is 25.7 Å². The van der Waals surface area contributed by atoms with Crippen molar-refractivity contribution in [3.05, 3.63) is 16.8 Å². The predicted octanol–water partition coefficient (Wildman–Crippen LogP) is 2.60. The summed E-state index contributed by atoms with van der Waals surface area (Å²) in [5, 5.41) is 4.40. The van der Waals surface area contributed by atoms with Crippen LogP contribution in [-0.2, 0) is 0 Å². The highest BCUT2D eigenvalue weighted by atomic mass is 32.1. The lowest BCUT2D eigenvalue weighted by Gasteiger charge is -2.26. The molecule has 4 rings (SSSR count). The molecule has 2 bridgehead atoms. The van der Waals surface area contributed by atoms with Gasteiger partial charge in [0.25, 0.3) is 5.91 Å². The summed E-state index contributed by atoms with van der Waals surface area (Å²) in [6, 6.07) is 0.450. The maximum Gasteiger partial charge on any atom is 0.264 e. The SMILES string of the molecule is Cc1c(C(=O)N2CC3CCC2C3)sc2ncnc(NCCN(C)C)c12. The summed E-state index contributed by atoms with van der Waals surface area (Å²) in [6.07, 6.45) is 5.22. The zero-order valence-electron chi connectivity index (χ0n) is 15.1. The van der Waals surface area contributed by atoms with Crippen molar-refractivity contribution in [2.75, 3.05) is 39.0 Å². The second kappa shape index (κ2) is 6.53. The van der Waals surface area contributed by atoms with Gasteiger partial charge in [0.05, 0.1) is 10.3 Å². The summed E-state index contributed by atoms with van der Waals surface area (Å²) in [4.78, 5) is 27.9. The van der Waals surface area contributed by atoms with Crippen LogP contribution < -0.4 is 5.32 Å². The number of piperidine rings is 1. The molecule has 2 aliphatic rings. The van der Waals surface area contributed by atoms with E-state index in [0.717, 1.165) is 52.5 Å². The molecule has 25 heavy (non-hydrogen) atoms. The summed E-state index contributed by atoms with van der Waals surface area (Å²) in [7, 11) is 4.10. The third-order valence-corrected chi connectivity index (χ3v) is 6.63. The Morgan fingerprint density at radius 3 is 2.92 bits per heavy atom. The number of rotatable bonds is 5. The van der Waals surface area contributed by atoms with Crippen LogP contribution in [0.5, 0.6) is 0 Å². The molecule has 1 aliphatic carbocycles. The Balaban J connectivity index is 1.62. The lowest BCUT2D eigenvalue weighted by Crippen LogP contribution is -2.37. The van der Waals surface area contributed by atoms with Crippen molar-refractivity contribution in [3.8, 4) is 0 Å². The molecule has 1 amide bonds. The molecule has 1 saturated heterocycles. The van der Waals surface area contributed by atoms with Crippen LogP contribution in [0, 0.1) is 12.8 Å². The first-order chi connectivity index (χ1) is 12.0. The fourth-order valence-electron chi connectivity index (χ4n) is 4.11. The number of amides is 1. The Morgan fingerprint density at radius 2 is 2.24 bits per heavy atom. The molecule has 0 radical (unpaired) electrons. The van der Waals surface area contributed by atoms with Crippen LogP contribution in [0.15, 0.2) is 6.33 Å². The van der Waals surface area contributed by atoms with Gasteiger partial charge in [-0.15, -0.1) is 11.3 Å². The number of fused-ring (bicyclic) bond motifs is 3. The van der Waals surface area contributed by atoms with Crippen LogP contribution >= 0.6 is 11.3 Å². The monoisotopic (exact) mass is 359 g/mol. The average Bonchev–Trinajstić information content (AvgIpc) is 3.29. The van der Waals surface area contributed by atoms with Crippen molar-refractivity contribution in [1.29, 1.82) is 0 Å². The number of likely N-dealkylation sites (tertiary alicyclic amines) is 1. The molecule has 2 unspecified atom stereocenters. The molecule has 1 aliphatic heterocycles. The molecular formula is C18H25N5OS. The van der Waals surface area contributed by atoms with E-state index in [4.69, 9.17) is 0 Å². The number of anilines is 1. The first kappa shape index (κ1) is 16.7. The Hall–Kier alpha value is -1.73. The molecule has 1 N–H and O–H groups in total. The van der Waals surface area contributed by atoms with Crippen LogP contribution in [-0.4, -0.2) is 65.4 Å². The van der Waals surface area contributed by atoms with Gasteiger partial charge in [0.15, 0.2) is 0 Å². The van der Waals surface area contributed by atoms with E-state index in [2.05, 4.69) is 25.1 Å². The summed E-state index contributed by atoms with van der Waals surface area (Å²) >= 11 is 1.51. The molecule has 2 fully saturated rings. The Bertz CT molecular complexity index is 802. The fraction of sp³-hybridized carbons (Fsp3) is 0.611. The standard InChI is InChI=1S/C18H25N5OS/c1-11-14-16(19-6-7-22(2)3)20-10-21-17(14)25-15(11)18(24)23-9-12-4-5-13(23)8-12/h10,12-13H,4-9H2,1-3H3,(H,19,20,21). The van der Waals surface area contributed by atoms with Crippen molar-refractivity contribution in [3.63, 3.8) is 0 Å². The predicted molar refractivity (Wildman–Crippen MR) is 101 cm³/mol. The van der Waals surface area contributed by atoms with E-state index in [0.29, 0.717) is 12.0 Å². The topological polar surface area (TPSA) is 61.4 Å². The van der Waals surface area contributed by atoms with Crippen molar-refractivity contribution in [1.82, 2.24) is 19.8 Å². The number of nitrogens with one attached hydrogen (secondary N) is 1. The van der Waals surface area contributed by atoms with E-state index in [-0.39, 0.29) is 5.91 Å². The minimum absolute atomic E-state index is 0.187. The first-order valence-corrected chi connectivity index (χ1v) is 9.80. The Labute approximate surface area is 152 Å². The van der Waals surface area contributed by atoms with Crippen molar-refractivity contribution >= 4 is 33.3 Å². The normalized spacial score (nSPS) is 22.3. The van der Waals surface area contributed by atoms with Gasteiger partial charge in [-0.05, 0) is 51.8 Å². The van der Waals surface area contributed by atoms with Crippen molar-refractivity contribution in [2.24, 2.45) is 5.92 Å². The van der Waals surface area contributed by atoms with Gasteiger partial charge in [0.2, 0.25) is 0 Å². The number of hydrogen-bond donors (Lipinski definition) is 1. The minimum Gasteiger partial charge on any atom is -0.368 e. The lowest BCUT2D eigenvalue weighted by atomic mass is 10.1. The van der Waals surface area contributed by atoms with E-state index < -0.39 is 0 Å². The number of aryl methyl sites for hydroxylation is 1. The number of aromatic nitrogens is 2. The maximum atomic E-state index is 13.1. The van der Waals surface area contributed by atoms with E-state index in [1.165, 1.54) is 24.2 Å². The molecule has 134 valence electrons. The largest absolute Gasteiger partial charge is 0.368 e. The Kier molecular flexibility index (Phi) is 4.37. The summed E-state index contributed by atoms with van der Waals surface area (Å²) in [5.41, 5.74) is 1.01. The Morgan fingerprint density at radius 1 is 1.40 bits per heavy atom. The number of hydrogen-bond acceptors (Lipinski definition) is 6. The maximum absolute atomic E-state index is 13.1. The average molecular weight is 359 g/mol. The van der Waals surface area contributed by atoms with Gasteiger partial charge in [-0.25, -0.2) is 9.97 Å². The zero-order chi connectivity index (χ0) is 17.6. The molecule has 7 heteroatoms. The van der Waals surface area contributed by atoms with Crippen molar-refractivity contribution in [2.45, 2.75) is 32.2 Å². The first-order valence-electron chi connectivity index (χ1n) is 8.98. The number of likely N-dealkylation sites (N-methyl/N-ethyl adjacent to an activating group) is 1. The summed E-state index contributed by atoms with van der Waals surface area (Å²) < 4.78 is 0. The summed E-state index contributed by atoms with van der Waals surface area (Å²) in [5.74, 6) is 1.74. The molecule has 6 nitrogen and oxygen atoms in total. The van der Waals surface area contributed by atoms with Crippen molar-refractivity contribution < 1.29 is 4.79 Å². The highest BCUT2D eigenvalue weighted by molar-refractivity contribution is 7.20. The number of carbonyl (C=O) groups is 1. The van der Waals surface area contributed by atoms with Gasteiger partial charge in [-0.3, -0.25) is 4.79 Å². The van der Waals surface area contributed by atoms with E-state index >= 15 is 0 Å². The van der Waals surface area contributed by atoms with E-state index in [9.17, 15) is 4.79 Å². The van der Waals surface area contributed by atoms with E-state index in [1.807, 2.05) is 21.0 Å². The van der Waals surface area contributed by atoms with Gasteiger partial charge in [-0.2, -0.15) is 0 Å². The molecule has 1 saturated carbocycles. The van der Waals surface area contributed by atoms with Crippen LogP contribution in [0.1, 0.15) is 34.5 Å². The fourth-order valence-corrected chi connectivity index (χ4v) is 5.22. The highest BCUT2D eigenvalue weighted by Crippen LogP contribution is 2.40. The molecule has 0 aromatic carbocycles. The highest BCUT2D eigenvalue weighted by Gasteiger charge is 2.41. The molecule has 3 heterocycles. The van der Waals surface area contributed by atoms with E-state index in [1.54, 1.807) is 6.33 Å². The molecule has 0 spiro atoms. The van der Waals surface area contributed by atoms with Gasteiger partial charge >= 0.3 is 0 Å². The summed E-state index contributed by atoms with van der Waals surface area (Å²) in [6.45, 7) is 4.70. The molecule has 2 aromatic rings. The molecule has 2 atom stereocenters. The second-order valence-electron chi connectivity index (χ2n) is 7.48. The van der Waals surface area contributed by atoms with Gasteiger partial charge in [-0.1, -0.05) is 0 Å². The lowest BCUT2D eigenvalue weighted by molar-refractivity contribution is 0.0708. The van der Waals surface area contributed by atoms with Crippen LogP contribution in [0.4, 0.5) is 5.82 Å². The second-order valence-corrected chi connectivity index (χ2v) is 8.48. The number of thiophene rings is 1. The third kappa shape index (κ3) is 3.00. The zero-order valence-corrected chi connectivity index (χ0v) is 15.9. The van der Waals surface area contributed by atoms with Crippen LogP contribution in [0.25, 0.3) is 10.2 Å². The minimum atomic E-state index is 0.187.